The Hall–Kier alpha value is -0.0800. The van der Waals surface area contributed by atoms with Gasteiger partial charge in [0.2, 0.25) is 0 Å². The molecule has 2 nitrogen and oxygen atoms in total. The molecule has 0 amide bonds. The molecule has 0 spiro atoms. The molecule has 0 N–H and O–H groups in total. The Kier molecular flexibility index (Phi) is 4.88. The first-order valence-corrected chi connectivity index (χ1v) is 7.51. The van der Waals surface area contributed by atoms with E-state index in [0.717, 1.165) is 0 Å². The van der Waals surface area contributed by atoms with E-state index in [0.29, 0.717) is 12.1 Å². The molecule has 1 rings (SSSR count). The fourth-order valence-corrected chi connectivity index (χ4v) is 2.99. The molecule has 1 aliphatic rings. The summed E-state index contributed by atoms with van der Waals surface area (Å²) in [6.07, 6.45) is 5.47. The molecule has 1 aliphatic carbocycles. The largest absolute Gasteiger partial charge is 0.297 e. The highest BCUT2D eigenvalue weighted by molar-refractivity contribution is 4.94. The normalized spacial score (nSPS) is 27.0. The third kappa shape index (κ3) is 3.71. The number of likely N-dealkylation sites (N-methyl/N-ethyl adjacent to an activating group) is 2. The van der Waals surface area contributed by atoms with E-state index in [1.807, 2.05) is 0 Å². The van der Waals surface area contributed by atoms with E-state index >= 15 is 0 Å². The number of rotatable bonds is 2. The highest BCUT2D eigenvalue weighted by Crippen LogP contribution is 2.32. The molecule has 0 aromatic rings. The van der Waals surface area contributed by atoms with Crippen LogP contribution in [-0.2, 0) is 0 Å². The van der Waals surface area contributed by atoms with Crippen molar-refractivity contribution in [2.75, 3.05) is 14.1 Å². The van der Waals surface area contributed by atoms with Gasteiger partial charge in [-0.2, -0.15) is 0 Å². The summed E-state index contributed by atoms with van der Waals surface area (Å²) in [4.78, 5) is 5.19. The first kappa shape index (κ1) is 16.0. The summed E-state index contributed by atoms with van der Waals surface area (Å²) in [6, 6.07) is 1.39. The van der Waals surface area contributed by atoms with Crippen LogP contribution in [0.4, 0.5) is 0 Å². The highest BCUT2D eigenvalue weighted by Gasteiger charge is 2.38. The van der Waals surface area contributed by atoms with Gasteiger partial charge >= 0.3 is 0 Å². The van der Waals surface area contributed by atoms with E-state index in [1.165, 1.54) is 25.7 Å². The van der Waals surface area contributed by atoms with Crippen molar-refractivity contribution in [2.45, 2.75) is 90.4 Å². The van der Waals surface area contributed by atoms with E-state index < -0.39 is 0 Å². The quantitative estimate of drug-likeness (QED) is 0.740. The molecule has 0 bridgehead atoms. The van der Waals surface area contributed by atoms with Gasteiger partial charge in [0.15, 0.2) is 0 Å². The molecule has 2 unspecified atom stereocenters. The number of hydrogen-bond donors (Lipinski definition) is 0. The molecule has 1 fully saturated rings. The van der Waals surface area contributed by atoms with Crippen molar-refractivity contribution in [2.24, 2.45) is 0 Å². The summed E-state index contributed by atoms with van der Waals surface area (Å²) < 4.78 is 0. The van der Waals surface area contributed by atoms with Crippen molar-refractivity contribution in [3.8, 4) is 0 Å². The van der Waals surface area contributed by atoms with Crippen molar-refractivity contribution < 1.29 is 0 Å². The Morgan fingerprint density at radius 2 is 0.944 bits per heavy atom. The summed E-state index contributed by atoms with van der Waals surface area (Å²) in [5.74, 6) is 0. The lowest BCUT2D eigenvalue weighted by atomic mass is 9.84. The maximum absolute atomic E-state index is 2.60. The van der Waals surface area contributed by atoms with Crippen LogP contribution >= 0.6 is 0 Å². The van der Waals surface area contributed by atoms with Crippen LogP contribution in [0.25, 0.3) is 0 Å². The molecule has 1 saturated carbocycles. The van der Waals surface area contributed by atoms with Gasteiger partial charge < -0.3 is 0 Å². The molecule has 0 heterocycles. The summed E-state index contributed by atoms with van der Waals surface area (Å²) in [5, 5.41) is 0. The van der Waals surface area contributed by atoms with Gasteiger partial charge in [0.25, 0.3) is 0 Å². The Morgan fingerprint density at radius 1 is 0.667 bits per heavy atom. The van der Waals surface area contributed by atoms with Gasteiger partial charge in [-0.3, -0.25) is 9.80 Å². The Morgan fingerprint density at radius 3 is 1.17 bits per heavy atom. The monoisotopic (exact) mass is 254 g/mol. The zero-order valence-electron chi connectivity index (χ0n) is 13.9. The van der Waals surface area contributed by atoms with E-state index in [-0.39, 0.29) is 11.1 Å². The SMILES string of the molecule is CN(C1CCCCC1N(C)C(C)(C)C)C(C)(C)C. The Bertz CT molecular complexity index is 231. The third-order valence-corrected chi connectivity index (χ3v) is 4.81. The van der Waals surface area contributed by atoms with Crippen LogP contribution in [0, 0.1) is 0 Å². The van der Waals surface area contributed by atoms with Crippen molar-refractivity contribution in [1.82, 2.24) is 9.80 Å². The molecule has 0 aliphatic heterocycles. The molecule has 0 aromatic carbocycles. The summed E-state index contributed by atoms with van der Waals surface area (Å²) in [5.41, 5.74) is 0.526. The second kappa shape index (κ2) is 5.50. The lowest BCUT2D eigenvalue weighted by Crippen LogP contribution is -2.59. The maximum Gasteiger partial charge on any atom is 0.0253 e. The zero-order valence-corrected chi connectivity index (χ0v) is 13.9. The van der Waals surface area contributed by atoms with Gasteiger partial charge in [-0.05, 0) is 68.5 Å². The number of nitrogens with zero attached hydrogens (tertiary/aromatic N) is 2. The maximum atomic E-state index is 2.60. The minimum absolute atomic E-state index is 0.263. The lowest BCUT2D eigenvalue weighted by Gasteiger charge is -2.50. The molecule has 0 radical (unpaired) electrons. The summed E-state index contributed by atoms with van der Waals surface area (Å²) in [6.45, 7) is 14.0. The predicted octanol–water partition coefficient (Wildman–Crippen LogP) is 3.76. The molecular formula is C16H34N2. The van der Waals surface area contributed by atoms with Gasteiger partial charge in [0, 0.05) is 23.2 Å². The van der Waals surface area contributed by atoms with Crippen LogP contribution in [0.5, 0.6) is 0 Å². The standard InChI is InChI=1S/C16H34N2/c1-15(2,3)17(7)13-11-9-10-12-14(13)18(8)16(4,5)6/h13-14H,9-12H2,1-8H3. The van der Waals surface area contributed by atoms with Crippen LogP contribution in [0.1, 0.15) is 67.2 Å². The second-order valence-electron chi connectivity index (χ2n) is 7.98. The molecule has 0 saturated heterocycles. The minimum Gasteiger partial charge on any atom is -0.297 e. The number of hydrogen-bond acceptors (Lipinski definition) is 2. The second-order valence-corrected chi connectivity index (χ2v) is 7.98. The van der Waals surface area contributed by atoms with Crippen LogP contribution < -0.4 is 0 Å². The van der Waals surface area contributed by atoms with Crippen molar-refractivity contribution in [3.63, 3.8) is 0 Å². The van der Waals surface area contributed by atoms with Crippen LogP contribution in [0.2, 0.25) is 0 Å². The first-order chi connectivity index (χ1) is 8.05. The van der Waals surface area contributed by atoms with Gasteiger partial charge in [-0.25, -0.2) is 0 Å². The fourth-order valence-electron chi connectivity index (χ4n) is 2.99. The lowest BCUT2D eigenvalue weighted by molar-refractivity contribution is -0.00565. The van der Waals surface area contributed by atoms with Crippen LogP contribution in [-0.4, -0.2) is 47.1 Å². The van der Waals surface area contributed by atoms with Crippen molar-refractivity contribution in [1.29, 1.82) is 0 Å². The molecule has 0 aromatic heterocycles. The average molecular weight is 254 g/mol. The predicted molar refractivity (Wildman–Crippen MR) is 81.1 cm³/mol. The van der Waals surface area contributed by atoms with Crippen LogP contribution in [0.15, 0.2) is 0 Å². The Labute approximate surface area is 115 Å². The molecule has 108 valence electrons. The minimum atomic E-state index is 0.263. The fraction of sp³-hybridized carbons (Fsp3) is 1.00. The summed E-state index contributed by atoms with van der Waals surface area (Å²) >= 11 is 0. The molecule has 2 heteroatoms. The van der Waals surface area contributed by atoms with E-state index in [2.05, 4.69) is 65.4 Å². The third-order valence-electron chi connectivity index (χ3n) is 4.81. The first-order valence-electron chi connectivity index (χ1n) is 7.51. The van der Waals surface area contributed by atoms with Gasteiger partial charge in [0.05, 0.1) is 0 Å². The summed E-state index contributed by atoms with van der Waals surface area (Å²) in [7, 11) is 4.61. The van der Waals surface area contributed by atoms with Gasteiger partial charge in [0.1, 0.15) is 0 Å². The van der Waals surface area contributed by atoms with E-state index in [1.54, 1.807) is 0 Å². The molecule has 18 heavy (non-hydrogen) atoms. The van der Waals surface area contributed by atoms with Crippen molar-refractivity contribution in [3.05, 3.63) is 0 Å². The topological polar surface area (TPSA) is 6.48 Å². The van der Waals surface area contributed by atoms with Gasteiger partial charge in [-0.15, -0.1) is 0 Å². The highest BCUT2D eigenvalue weighted by atomic mass is 15.3. The van der Waals surface area contributed by atoms with E-state index in [4.69, 9.17) is 0 Å². The van der Waals surface area contributed by atoms with Crippen molar-refractivity contribution >= 4 is 0 Å². The zero-order chi connectivity index (χ0) is 14.1. The average Bonchev–Trinajstić information content (AvgIpc) is 2.24. The Balaban J connectivity index is 2.87. The smallest absolute Gasteiger partial charge is 0.0253 e. The molecule has 2 atom stereocenters. The van der Waals surface area contributed by atoms with Crippen LogP contribution in [0.3, 0.4) is 0 Å². The van der Waals surface area contributed by atoms with Gasteiger partial charge in [-0.1, -0.05) is 12.8 Å². The molecular weight excluding hydrogens is 220 g/mol. The van der Waals surface area contributed by atoms with E-state index in [9.17, 15) is 0 Å².